The molecule has 0 aliphatic rings. The lowest BCUT2D eigenvalue weighted by atomic mass is 10.1. The van der Waals surface area contributed by atoms with Gasteiger partial charge < -0.3 is 5.73 Å². The van der Waals surface area contributed by atoms with Gasteiger partial charge >= 0.3 is 6.03 Å². The van der Waals surface area contributed by atoms with Gasteiger partial charge in [0.25, 0.3) is 10.0 Å². The maximum absolute atomic E-state index is 13.3. The Morgan fingerprint density at radius 1 is 1.21 bits per heavy atom. The third-order valence-electron chi connectivity index (χ3n) is 4.26. The third-order valence-corrected chi connectivity index (χ3v) is 6.44. The number of nitrogens with two attached hydrogens (primary N) is 1. The summed E-state index contributed by atoms with van der Waals surface area (Å²) in [5.41, 5.74) is 9.92. The molecule has 146 valence electrons. The lowest BCUT2D eigenvalue weighted by Gasteiger charge is -2.08. The summed E-state index contributed by atoms with van der Waals surface area (Å²) in [7, 11) is -3.81. The summed E-state index contributed by atoms with van der Waals surface area (Å²) < 4.78 is 28.5. The molecular weight excluding hydrogens is 444 g/mol. The lowest BCUT2D eigenvalue weighted by Crippen LogP contribution is -2.25. The molecule has 0 saturated carbocycles. The van der Waals surface area contributed by atoms with Gasteiger partial charge in [-0.1, -0.05) is 40.5 Å². The molecule has 28 heavy (non-hydrogen) atoms. The number of hydrogen-bond acceptors (Lipinski definition) is 4. The summed E-state index contributed by atoms with van der Waals surface area (Å²) in [5.74, 6) is 0. The van der Waals surface area contributed by atoms with Crippen LogP contribution in [0, 0.1) is 6.92 Å². The van der Waals surface area contributed by atoms with E-state index < -0.39 is 16.1 Å². The molecule has 2 amide bonds. The second-order valence-electron chi connectivity index (χ2n) is 6.21. The topological polar surface area (TPSA) is 107 Å². The molecule has 3 N–H and O–H groups in total. The molecular formula is C19H19BrN4O3S. The molecule has 1 heterocycles. The van der Waals surface area contributed by atoms with Gasteiger partial charge in [0, 0.05) is 21.6 Å². The number of carbonyl (C=O) groups excluding carboxylic acids is 1. The number of hydrazone groups is 1. The smallest absolute Gasteiger partial charge is 0.332 e. The molecule has 0 aliphatic carbocycles. The van der Waals surface area contributed by atoms with Crippen molar-refractivity contribution in [2.24, 2.45) is 10.8 Å². The van der Waals surface area contributed by atoms with Gasteiger partial charge in [-0.25, -0.2) is 22.6 Å². The predicted octanol–water partition coefficient (Wildman–Crippen LogP) is 3.73. The summed E-state index contributed by atoms with van der Waals surface area (Å²) >= 11 is 3.42. The minimum absolute atomic E-state index is 0.190. The van der Waals surface area contributed by atoms with E-state index in [2.05, 4.69) is 26.5 Å². The van der Waals surface area contributed by atoms with Crippen LogP contribution in [0.4, 0.5) is 4.79 Å². The molecule has 0 unspecified atom stereocenters. The summed E-state index contributed by atoms with van der Waals surface area (Å²) in [4.78, 5) is 11.2. The Hall–Kier alpha value is -2.65. The lowest BCUT2D eigenvalue weighted by molar-refractivity contribution is 0.249. The van der Waals surface area contributed by atoms with E-state index in [9.17, 15) is 13.2 Å². The molecule has 0 fully saturated rings. The van der Waals surface area contributed by atoms with Crippen LogP contribution in [-0.2, 0) is 10.0 Å². The van der Waals surface area contributed by atoms with E-state index in [1.807, 2.05) is 19.9 Å². The number of fused-ring (bicyclic) bond motifs is 1. The zero-order valence-electron chi connectivity index (χ0n) is 15.3. The molecule has 3 aromatic rings. The molecule has 9 heteroatoms. The average molecular weight is 463 g/mol. The van der Waals surface area contributed by atoms with Crippen molar-refractivity contribution >= 4 is 48.6 Å². The molecule has 0 radical (unpaired) electrons. The van der Waals surface area contributed by atoms with Crippen molar-refractivity contribution in [2.75, 3.05) is 0 Å². The number of amides is 2. The molecule has 0 spiro atoms. The highest BCUT2D eigenvalue weighted by atomic mass is 79.9. The molecule has 0 aliphatic heterocycles. The number of nitrogens with zero attached hydrogens (tertiary/aromatic N) is 2. The van der Waals surface area contributed by atoms with E-state index in [1.54, 1.807) is 36.4 Å². The maximum Gasteiger partial charge on any atom is 0.332 e. The van der Waals surface area contributed by atoms with E-state index in [-0.39, 0.29) is 4.90 Å². The Morgan fingerprint density at radius 3 is 2.50 bits per heavy atom. The minimum atomic E-state index is -3.81. The molecule has 0 atom stereocenters. The molecule has 0 bridgehead atoms. The maximum atomic E-state index is 13.3. The highest BCUT2D eigenvalue weighted by Crippen LogP contribution is 2.29. The van der Waals surface area contributed by atoms with E-state index in [1.165, 1.54) is 10.2 Å². The van der Waals surface area contributed by atoms with Crippen LogP contribution in [-0.4, -0.2) is 24.1 Å². The number of halogens is 1. The van der Waals surface area contributed by atoms with Crippen molar-refractivity contribution in [1.82, 2.24) is 9.40 Å². The highest BCUT2D eigenvalue weighted by molar-refractivity contribution is 9.10. The van der Waals surface area contributed by atoms with Crippen molar-refractivity contribution in [1.29, 1.82) is 0 Å². The van der Waals surface area contributed by atoms with Crippen LogP contribution in [0.3, 0.4) is 0 Å². The Morgan fingerprint density at radius 2 is 1.89 bits per heavy atom. The second kappa shape index (κ2) is 7.76. The first kappa shape index (κ1) is 20.1. The van der Waals surface area contributed by atoms with Gasteiger partial charge in [-0.3, -0.25) is 0 Å². The van der Waals surface area contributed by atoms with Gasteiger partial charge in [0.2, 0.25) is 0 Å². The third kappa shape index (κ3) is 3.81. The summed E-state index contributed by atoms with van der Waals surface area (Å²) in [6, 6.07) is 11.2. The standard InChI is InChI=1S/C19H19BrN4O3S/c1-3-17(22-23-19(21)25)16-11-24(18-9-6-13(20)10-15(16)18)28(26,27)14-7-4-12(2)5-8-14/h4-11H,3H2,1-2H3,(H3,21,23,25)/b22-17-. The van der Waals surface area contributed by atoms with Crippen LogP contribution >= 0.6 is 15.9 Å². The first-order valence-corrected chi connectivity index (χ1v) is 10.7. The van der Waals surface area contributed by atoms with Gasteiger partial charge in [-0.15, -0.1) is 0 Å². The average Bonchev–Trinajstić information content (AvgIpc) is 3.02. The Balaban J connectivity index is 2.26. The van der Waals surface area contributed by atoms with Crippen LogP contribution < -0.4 is 11.2 Å². The molecule has 0 saturated heterocycles. The fourth-order valence-electron chi connectivity index (χ4n) is 2.88. The Kier molecular flexibility index (Phi) is 5.57. The van der Waals surface area contributed by atoms with Crippen LogP contribution in [0.1, 0.15) is 24.5 Å². The predicted molar refractivity (Wildman–Crippen MR) is 113 cm³/mol. The van der Waals surface area contributed by atoms with Crippen LogP contribution in [0.5, 0.6) is 0 Å². The first-order valence-electron chi connectivity index (χ1n) is 8.49. The normalized spacial score (nSPS) is 12.3. The largest absolute Gasteiger partial charge is 0.350 e. The monoisotopic (exact) mass is 462 g/mol. The van der Waals surface area contributed by atoms with E-state index in [4.69, 9.17) is 5.73 Å². The van der Waals surface area contributed by atoms with Crippen molar-refractivity contribution < 1.29 is 13.2 Å². The number of hydrogen-bond donors (Lipinski definition) is 2. The van der Waals surface area contributed by atoms with Crippen LogP contribution in [0.15, 0.2) is 63.1 Å². The summed E-state index contributed by atoms with van der Waals surface area (Å²) in [5, 5.41) is 4.73. The molecule has 3 rings (SSSR count). The number of primary amides is 1. The van der Waals surface area contributed by atoms with Crippen molar-refractivity contribution in [3.05, 3.63) is 64.3 Å². The van der Waals surface area contributed by atoms with Gasteiger partial charge in [0.1, 0.15) is 0 Å². The van der Waals surface area contributed by atoms with Gasteiger partial charge in [0.05, 0.1) is 16.1 Å². The fourth-order valence-corrected chi connectivity index (χ4v) is 4.61. The van der Waals surface area contributed by atoms with Crippen molar-refractivity contribution in [2.45, 2.75) is 25.2 Å². The number of carbonyl (C=O) groups is 1. The first-order chi connectivity index (χ1) is 13.2. The minimum Gasteiger partial charge on any atom is -0.350 e. The zero-order valence-corrected chi connectivity index (χ0v) is 17.7. The molecule has 1 aromatic heterocycles. The SMILES string of the molecule is CC/C(=N/NC(N)=O)c1cn(S(=O)(=O)c2ccc(C)cc2)c2ccc(Br)cc12. The summed E-state index contributed by atoms with van der Waals surface area (Å²) in [6.45, 7) is 3.75. The van der Waals surface area contributed by atoms with Gasteiger partial charge in [-0.2, -0.15) is 5.10 Å². The van der Waals surface area contributed by atoms with Crippen molar-refractivity contribution in [3.8, 4) is 0 Å². The van der Waals surface area contributed by atoms with Crippen LogP contribution in [0.2, 0.25) is 0 Å². The van der Waals surface area contributed by atoms with E-state index in [0.29, 0.717) is 28.6 Å². The molecule has 7 nitrogen and oxygen atoms in total. The summed E-state index contributed by atoms with van der Waals surface area (Å²) in [6.07, 6.45) is 1.99. The Labute approximate surface area is 171 Å². The second-order valence-corrected chi connectivity index (χ2v) is 8.94. The highest BCUT2D eigenvalue weighted by Gasteiger charge is 2.23. The van der Waals surface area contributed by atoms with Crippen LogP contribution in [0.25, 0.3) is 10.9 Å². The van der Waals surface area contributed by atoms with E-state index >= 15 is 0 Å². The van der Waals surface area contributed by atoms with Crippen molar-refractivity contribution in [3.63, 3.8) is 0 Å². The fraction of sp³-hybridized carbons (Fsp3) is 0.158. The number of benzene rings is 2. The van der Waals surface area contributed by atoms with Gasteiger partial charge in [0.15, 0.2) is 0 Å². The number of aryl methyl sites for hydroxylation is 1. The molecule has 2 aromatic carbocycles. The number of nitrogens with one attached hydrogen (secondary N) is 1. The zero-order chi connectivity index (χ0) is 20.5. The quantitative estimate of drug-likeness (QED) is 0.445. The number of urea groups is 1. The number of rotatable bonds is 5. The van der Waals surface area contributed by atoms with Gasteiger partial charge in [-0.05, 0) is 43.7 Å². The van der Waals surface area contributed by atoms with E-state index in [0.717, 1.165) is 10.0 Å². The Bertz CT molecular complexity index is 1180. The number of aromatic nitrogens is 1.